The van der Waals surface area contributed by atoms with Crippen LogP contribution in [0.5, 0.6) is 0 Å². The molecule has 0 spiro atoms. The number of imidazole rings is 2. The van der Waals surface area contributed by atoms with E-state index < -0.39 is 23.9 Å². The Bertz CT molecular complexity index is 1250. The molecule has 0 fully saturated rings. The Labute approximate surface area is 175 Å². The second-order valence-electron chi connectivity index (χ2n) is 7.11. The van der Waals surface area contributed by atoms with Crippen molar-refractivity contribution in [2.75, 3.05) is 13.7 Å². The molecular weight excluding hydrogens is 411 g/mol. The Morgan fingerprint density at radius 2 is 1.97 bits per heavy atom. The van der Waals surface area contributed by atoms with Crippen molar-refractivity contribution in [3.8, 4) is 0 Å². The van der Waals surface area contributed by atoms with Gasteiger partial charge in [0.15, 0.2) is 0 Å². The van der Waals surface area contributed by atoms with Gasteiger partial charge >= 0.3 is 6.18 Å². The van der Waals surface area contributed by atoms with Gasteiger partial charge in [-0.05, 0) is 37.3 Å². The van der Waals surface area contributed by atoms with Gasteiger partial charge in [-0.3, -0.25) is 4.79 Å². The summed E-state index contributed by atoms with van der Waals surface area (Å²) in [5.74, 6) is -0.864. The first-order valence-electron chi connectivity index (χ1n) is 9.60. The highest BCUT2D eigenvalue weighted by molar-refractivity contribution is 5.97. The summed E-state index contributed by atoms with van der Waals surface area (Å²) in [6, 6.07) is 11.4. The zero-order valence-electron chi connectivity index (χ0n) is 16.8. The number of hydrogen-bond acceptors (Lipinski definition) is 4. The number of carbonyl (C=O) groups is 1. The van der Waals surface area contributed by atoms with Crippen LogP contribution in [0, 0.1) is 0 Å². The van der Waals surface area contributed by atoms with Crippen LogP contribution in [0.4, 0.5) is 13.2 Å². The van der Waals surface area contributed by atoms with E-state index >= 15 is 0 Å². The lowest BCUT2D eigenvalue weighted by molar-refractivity contribution is -0.144. The molecule has 4 aromatic rings. The van der Waals surface area contributed by atoms with E-state index in [-0.39, 0.29) is 16.6 Å². The Morgan fingerprint density at radius 1 is 1.19 bits per heavy atom. The van der Waals surface area contributed by atoms with Gasteiger partial charge in [0, 0.05) is 19.2 Å². The molecule has 0 bridgehead atoms. The summed E-state index contributed by atoms with van der Waals surface area (Å²) in [7, 11) is 1.61. The fourth-order valence-electron chi connectivity index (χ4n) is 3.47. The summed E-state index contributed by atoms with van der Waals surface area (Å²) in [6.07, 6.45) is -4.59. The zero-order valence-corrected chi connectivity index (χ0v) is 16.8. The van der Waals surface area contributed by atoms with Crippen molar-refractivity contribution in [1.29, 1.82) is 0 Å². The monoisotopic (exact) mass is 431 g/mol. The first-order valence-corrected chi connectivity index (χ1v) is 9.60. The molecule has 31 heavy (non-hydrogen) atoms. The maximum absolute atomic E-state index is 12.9. The Morgan fingerprint density at radius 3 is 2.71 bits per heavy atom. The molecule has 7 nitrogen and oxygen atoms in total. The Balaban J connectivity index is 1.60. The molecule has 1 amide bonds. The molecular formula is C21H20F3N5O2. The predicted molar refractivity (Wildman–Crippen MR) is 109 cm³/mol. The molecule has 0 saturated heterocycles. The normalized spacial score (nSPS) is 13.1. The zero-order chi connectivity index (χ0) is 22.2. The third kappa shape index (κ3) is 4.11. The molecule has 0 saturated carbocycles. The lowest BCUT2D eigenvalue weighted by Gasteiger charge is -2.16. The summed E-state index contributed by atoms with van der Waals surface area (Å²) in [5.41, 5.74) is 2.22. The fraction of sp³-hybridized carbons (Fsp3) is 0.286. The summed E-state index contributed by atoms with van der Waals surface area (Å²) in [4.78, 5) is 23.2. The van der Waals surface area contributed by atoms with E-state index in [9.17, 15) is 18.0 Å². The summed E-state index contributed by atoms with van der Waals surface area (Å²) in [5, 5.41) is 2.87. The molecule has 0 unspecified atom stereocenters. The van der Waals surface area contributed by atoms with E-state index in [1.54, 1.807) is 14.0 Å². The van der Waals surface area contributed by atoms with Crippen LogP contribution in [0.3, 0.4) is 0 Å². The lowest BCUT2D eigenvalue weighted by atomic mass is 10.1. The molecule has 2 heterocycles. The Kier molecular flexibility index (Phi) is 5.40. The third-order valence-corrected chi connectivity index (χ3v) is 4.95. The summed E-state index contributed by atoms with van der Waals surface area (Å²) >= 11 is 0. The number of ether oxygens (including phenoxy) is 1. The average Bonchev–Trinajstić information content (AvgIpc) is 3.33. The number of amides is 1. The van der Waals surface area contributed by atoms with Gasteiger partial charge in [0.2, 0.25) is 5.82 Å². The van der Waals surface area contributed by atoms with Crippen molar-refractivity contribution < 1.29 is 22.7 Å². The van der Waals surface area contributed by atoms with E-state index in [1.165, 1.54) is 18.2 Å². The third-order valence-electron chi connectivity index (χ3n) is 4.95. The van der Waals surface area contributed by atoms with Crippen LogP contribution in [-0.4, -0.2) is 39.1 Å². The van der Waals surface area contributed by atoms with Gasteiger partial charge in [-0.1, -0.05) is 12.1 Å². The molecule has 162 valence electrons. The SMILES string of the molecule is COCCn1c([C@@H](C)NC(=O)c2ccc3nc(C(F)(F)F)[nH]c3c2)nc2ccccc21. The quantitative estimate of drug-likeness (QED) is 0.482. The number of nitrogens with one attached hydrogen (secondary N) is 2. The average molecular weight is 431 g/mol. The highest BCUT2D eigenvalue weighted by atomic mass is 19.4. The van der Waals surface area contributed by atoms with E-state index in [0.29, 0.717) is 19.0 Å². The number of aromatic amines is 1. The number of methoxy groups -OCH3 is 1. The van der Waals surface area contributed by atoms with Crippen LogP contribution in [0.2, 0.25) is 0 Å². The number of halogens is 3. The molecule has 2 aromatic carbocycles. The number of para-hydroxylation sites is 2. The van der Waals surface area contributed by atoms with Crippen molar-refractivity contribution >= 4 is 28.0 Å². The maximum Gasteiger partial charge on any atom is 0.449 e. The van der Waals surface area contributed by atoms with Crippen LogP contribution < -0.4 is 5.32 Å². The van der Waals surface area contributed by atoms with Crippen LogP contribution in [0.25, 0.3) is 22.1 Å². The number of alkyl halides is 3. The molecule has 0 aliphatic rings. The number of rotatable bonds is 6. The van der Waals surface area contributed by atoms with Gasteiger partial charge in [0.25, 0.3) is 5.91 Å². The number of benzene rings is 2. The van der Waals surface area contributed by atoms with Crippen molar-refractivity contribution in [2.45, 2.75) is 25.7 Å². The van der Waals surface area contributed by atoms with Crippen molar-refractivity contribution in [3.05, 3.63) is 59.7 Å². The van der Waals surface area contributed by atoms with Crippen LogP contribution in [0.15, 0.2) is 42.5 Å². The van der Waals surface area contributed by atoms with Gasteiger partial charge in [-0.2, -0.15) is 13.2 Å². The topological polar surface area (TPSA) is 84.8 Å². The molecule has 2 aromatic heterocycles. The summed E-state index contributed by atoms with van der Waals surface area (Å²) in [6.45, 7) is 2.85. The second kappa shape index (κ2) is 8.03. The van der Waals surface area contributed by atoms with E-state index in [2.05, 4.69) is 20.3 Å². The van der Waals surface area contributed by atoms with Gasteiger partial charge in [-0.15, -0.1) is 0 Å². The van der Waals surface area contributed by atoms with E-state index in [4.69, 9.17) is 4.74 Å². The minimum absolute atomic E-state index is 0.137. The Hall–Kier alpha value is -3.40. The van der Waals surface area contributed by atoms with Gasteiger partial charge in [0.1, 0.15) is 5.82 Å². The molecule has 10 heteroatoms. The molecule has 0 aliphatic heterocycles. The number of H-pyrrole nitrogens is 1. The van der Waals surface area contributed by atoms with Crippen molar-refractivity contribution in [1.82, 2.24) is 24.8 Å². The number of nitrogens with zero attached hydrogens (tertiary/aromatic N) is 3. The molecule has 2 N–H and O–H groups in total. The van der Waals surface area contributed by atoms with Crippen molar-refractivity contribution in [2.24, 2.45) is 0 Å². The van der Waals surface area contributed by atoms with Gasteiger partial charge < -0.3 is 19.6 Å². The molecule has 0 radical (unpaired) electrons. The van der Waals surface area contributed by atoms with Gasteiger partial charge in [0.05, 0.1) is 34.7 Å². The van der Waals surface area contributed by atoms with Crippen LogP contribution >= 0.6 is 0 Å². The van der Waals surface area contributed by atoms with Crippen LogP contribution in [0.1, 0.15) is 35.0 Å². The first kappa shape index (κ1) is 20.9. The van der Waals surface area contributed by atoms with Crippen LogP contribution in [-0.2, 0) is 17.5 Å². The largest absolute Gasteiger partial charge is 0.449 e. The van der Waals surface area contributed by atoms with E-state index in [1.807, 2.05) is 28.8 Å². The molecule has 0 aliphatic carbocycles. The number of carbonyl (C=O) groups excluding carboxylic acids is 1. The number of aromatic nitrogens is 4. The minimum Gasteiger partial charge on any atom is -0.383 e. The maximum atomic E-state index is 12.9. The lowest BCUT2D eigenvalue weighted by Crippen LogP contribution is -2.29. The molecule has 1 atom stereocenters. The molecule has 4 rings (SSSR count). The van der Waals surface area contributed by atoms with Gasteiger partial charge in [-0.25, -0.2) is 9.97 Å². The number of hydrogen-bond donors (Lipinski definition) is 2. The first-order chi connectivity index (χ1) is 14.8. The smallest absolute Gasteiger partial charge is 0.383 e. The minimum atomic E-state index is -4.59. The van der Waals surface area contributed by atoms with Crippen molar-refractivity contribution in [3.63, 3.8) is 0 Å². The number of fused-ring (bicyclic) bond motifs is 2. The predicted octanol–water partition coefficient (Wildman–Crippen LogP) is 4.07. The fourth-order valence-corrected chi connectivity index (χ4v) is 3.47. The summed E-state index contributed by atoms with van der Waals surface area (Å²) < 4.78 is 45.8. The van der Waals surface area contributed by atoms with E-state index in [0.717, 1.165) is 11.0 Å². The highest BCUT2D eigenvalue weighted by Crippen LogP contribution is 2.29. The highest BCUT2D eigenvalue weighted by Gasteiger charge is 2.34. The standard InChI is InChI=1S/C21H20F3N5O2/c1-12(18-26-15-5-3-4-6-17(15)29(18)9-10-31-2)25-19(30)13-7-8-14-16(11-13)28-20(27-14)21(22,23)24/h3-8,11-12H,9-10H2,1-2H3,(H,25,30)(H,27,28)/t12-/m1/s1. The second-order valence-corrected chi connectivity index (χ2v) is 7.11.